The van der Waals surface area contributed by atoms with Gasteiger partial charge in [0, 0.05) is 34.9 Å². The van der Waals surface area contributed by atoms with Crippen LogP contribution in [-0.2, 0) is 11.3 Å². The Morgan fingerprint density at radius 2 is 1.63 bits per heavy atom. The number of aryl methyl sites for hydroxylation is 1. The van der Waals surface area contributed by atoms with Crippen molar-refractivity contribution in [1.29, 1.82) is 0 Å². The molecule has 0 atom stereocenters. The number of benzene rings is 2. The highest BCUT2D eigenvalue weighted by molar-refractivity contribution is 6.15. The Kier molecular flexibility index (Phi) is 6.04. The molecule has 0 spiro atoms. The standard InChI is InChI=1S/C25H23FN6O3/c1-13-20(14(2)32(30-13)12-19(33)31(3)16-10-8-15(26)9-11-16)22-21(24(27)34)17-6-4-5-7-18(17)29-23(22)25(28)35/h4-11H,12H2,1-3H3,(H2,27,34)(H2,28,35). The largest absolute Gasteiger partial charge is 0.366 e. The monoisotopic (exact) mass is 474 g/mol. The van der Waals surface area contributed by atoms with Gasteiger partial charge in [-0.15, -0.1) is 0 Å². The molecule has 9 nitrogen and oxygen atoms in total. The van der Waals surface area contributed by atoms with Crippen LogP contribution in [0.1, 0.15) is 32.2 Å². The van der Waals surface area contributed by atoms with Gasteiger partial charge < -0.3 is 16.4 Å². The van der Waals surface area contributed by atoms with E-state index in [1.165, 1.54) is 33.8 Å². The lowest BCUT2D eigenvalue weighted by Gasteiger charge is -2.18. The number of carbonyl (C=O) groups excluding carboxylic acids is 3. The molecule has 35 heavy (non-hydrogen) atoms. The van der Waals surface area contributed by atoms with E-state index in [9.17, 15) is 18.8 Å². The molecular formula is C25H23FN6O3. The SMILES string of the molecule is Cc1nn(CC(=O)N(C)c2ccc(F)cc2)c(C)c1-c1c(C(N)=O)nc2ccccc2c1C(N)=O. The van der Waals surface area contributed by atoms with Crippen LogP contribution < -0.4 is 16.4 Å². The first-order valence-electron chi connectivity index (χ1n) is 10.7. The van der Waals surface area contributed by atoms with E-state index in [1.807, 2.05) is 0 Å². The Hall–Kier alpha value is -4.60. The topological polar surface area (TPSA) is 137 Å². The zero-order valence-corrected chi connectivity index (χ0v) is 19.4. The van der Waals surface area contributed by atoms with Gasteiger partial charge in [0.15, 0.2) is 0 Å². The fourth-order valence-corrected chi connectivity index (χ4v) is 4.15. The maximum Gasteiger partial charge on any atom is 0.267 e. The lowest BCUT2D eigenvalue weighted by molar-refractivity contribution is -0.119. The second kappa shape index (κ2) is 8.98. The fourth-order valence-electron chi connectivity index (χ4n) is 4.15. The molecule has 4 aromatic rings. The van der Waals surface area contributed by atoms with Crippen LogP contribution in [-0.4, -0.2) is 39.5 Å². The summed E-state index contributed by atoms with van der Waals surface area (Å²) >= 11 is 0. The van der Waals surface area contributed by atoms with E-state index in [-0.39, 0.29) is 29.3 Å². The maximum absolute atomic E-state index is 13.2. The number of nitrogens with zero attached hydrogens (tertiary/aromatic N) is 4. The number of carbonyl (C=O) groups is 3. The molecule has 2 heterocycles. The van der Waals surface area contributed by atoms with Crippen LogP contribution in [0.5, 0.6) is 0 Å². The normalized spacial score (nSPS) is 11.0. The molecule has 0 saturated carbocycles. The van der Waals surface area contributed by atoms with Crippen LogP contribution in [0.3, 0.4) is 0 Å². The Balaban J connectivity index is 1.84. The number of primary amides is 2. The number of fused-ring (bicyclic) bond motifs is 1. The van der Waals surface area contributed by atoms with Crippen molar-refractivity contribution in [2.75, 3.05) is 11.9 Å². The molecule has 0 unspecified atom stereocenters. The number of anilines is 1. The Morgan fingerprint density at radius 3 is 2.26 bits per heavy atom. The molecular weight excluding hydrogens is 451 g/mol. The molecule has 4 N–H and O–H groups in total. The highest BCUT2D eigenvalue weighted by Crippen LogP contribution is 2.36. The van der Waals surface area contributed by atoms with Crippen molar-refractivity contribution in [3.8, 4) is 11.1 Å². The molecule has 10 heteroatoms. The number of amides is 3. The number of hydrogen-bond acceptors (Lipinski definition) is 5. The Morgan fingerprint density at radius 1 is 0.971 bits per heavy atom. The summed E-state index contributed by atoms with van der Waals surface area (Å²) in [4.78, 5) is 43.7. The number of pyridine rings is 1. The first-order chi connectivity index (χ1) is 16.6. The van der Waals surface area contributed by atoms with E-state index in [4.69, 9.17) is 11.5 Å². The van der Waals surface area contributed by atoms with Crippen LogP contribution in [0.25, 0.3) is 22.0 Å². The summed E-state index contributed by atoms with van der Waals surface area (Å²) in [6.45, 7) is 3.27. The van der Waals surface area contributed by atoms with Crippen molar-refractivity contribution in [2.24, 2.45) is 11.5 Å². The lowest BCUT2D eigenvalue weighted by Crippen LogP contribution is -2.30. The van der Waals surface area contributed by atoms with Gasteiger partial charge in [0.05, 0.1) is 16.8 Å². The highest BCUT2D eigenvalue weighted by atomic mass is 19.1. The summed E-state index contributed by atoms with van der Waals surface area (Å²) in [5.74, 6) is -2.29. The number of rotatable bonds is 6. The smallest absolute Gasteiger partial charge is 0.267 e. The Bertz CT molecular complexity index is 1490. The zero-order valence-electron chi connectivity index (χ0n) is 19.4. The van der Waals surface area contributed by atoms with Gasteiger partial charge >= 0.3 is 0 Å². The summed E-state index contributed by atoms with van der Waals surface area (Å²) in [5, 5.41) is 4.95. The second-order valence-electron chi connectivity index (χ2n) is 8.09. The van der Waals surface area contributed by atoms with Gasteiger partial charge in [-0.1, -0.05) is 18.2 Å². The summed E-state index contributed by atoms with van der Waals surface area (Å²) in [6, 6.07) is 12.3. The van der Waals surface area contributed by atoms with Gasteiger partial charge in [-0.3, -0.25) is 19.1 Å². The van der Waals surface area contributed by atoms with Crippen LogP contribution >= 0.6 is 0 Å². The molecule has 3 amide bonds. The van der Waals surface area contributed by atoms with E-state index in [1.54, 1.807) is 45.2 Å². The summed E-state index contributed by atoms with van der Waals surface area (Å²) in [6.07, 6.45) is 0. The van der Waals surface area contributed by atoms with Gasteiger partial charge in [0.1, 0.15) is 18.1 Å². The molecule has 0 fully saturated rings. The first kappa shape index (κ1) is 23.6. The Labute approximate surface area is 200 Å². The molecule has 0 aliphatic rings. The minimum Gasteiger partial charge on any atom is -0.366 e. The predicted octanol–water partition coefficient (Wildman–Crippen LogP) is 2.72. The van der Waals surface area contributed by atoms with Gasteiger partial charge in [-0.05, 0) is 44.2 Å². The van der Waals surface area contributed by atoms with Gasteiger partial charge in [0.25, 0.3) is 5.91 Å². The predicted molar refractivity (Wildman–Crippen MR) is 129 cm³/mol. The van der Waals surface area contributed by atoms with E-state index in [0.717, 1.165) is 0 Å². The molecule has 0 saturated heterocycles. The van der Waals surface area contributed by atoms with Gasteiger partial charge in [-0.2, -0.15) is 5.10 Å². The molecule has 0 aliphatic heterocycles. The van der Waals surface area contributed by atoms with Crippen molar-refractivity contribution in [2.45, 2.75) is 20.4 Å². The number of para-hydroxylation sites is 1. The minimum absolute atomic E-state index is 0.102. The van der Waals surface area contributed by atoms with Crippen LogP contribution in [0, 0.1) is 19.7 Å². The average Bonchev–Trinajstić information content (AvgIpc) is 3.09. The van der Waals surface area contributed by atoms with Crippen molar-refractivity contribution in [1.82, 2.24) is 14.8 Å². The fraction of sp³-hybridized carbons (Fsp3) is 0.160. The molecule has 4 rings (SSSR count). The highest BCUT2D eigenvalue weighted by Gasteiger charge is 2.28. The quantitative estimate of drug-likeness (QED) is 0.443. The summed E-state index contributed by atoms with van der Waals surface area (Å²) in [7, 11) is 1.58. The molecule has 2 aromatic carbocycles. The summed E-state index contributed by atoms with van der Waals surface area (Å²) in [5.41, 5.74) is 13.9. The van der Waals surface area contributed by atoms with Crippen LogP contribution in [0.4, 0.5) is 10.1 Å². The average molecular weight is 474 g/mol. The van der Waals surface area contributed by atoms with E-state index in [0.29, 0.717) is 33.5 Å². The lowest BCUT2D eigenvalue weighted by atomic mass is 9.92. The third-order valence-corrected chi connectivity index (χ3v) is 5.88. The van der Waals surface area contributed by atoms with Crippen molar-refractivity contribution < 1.29 is 18.8 Å². The van der Waals surface area contributed by atoms with E-state index < -0.39 is 17.6 Å². The molecule has 2 aromatic heterocycles. The third-order valence-electron chi connectivity index (χ3n) is 5.88. The number of nitrogens with two attached hydrogens (primary N) is 2. The maximum atomic E-state index is 13.2. The molecule has 0 aliphatic carbocycles. The van der Waals surface area contributed by atoms with Crippen molar-refractivity contribution >= 4 is 34.3 Å². The van der Waals surface area contributed by atoms with E-state index >= 15 is 0 Å². The minimum atomic E-state index is -0.827. The van der Waals surface area contributed by atoms with Gasteiger partial charge in [-0.25, -0.2) is 9.37 Å². The van der Waals surface area contributed by atoms with E-state index in [2.05, 4.69) is 10.1 Å². The number of halogens is 1. The number of likely N-dealkylation sites (N-methyl/N-ethyl adjacent to an activating group) is 1. The molecule has 0 bridgehead atoms. The summed E-state index contributed by atoms with van der Waals surface area (Å²) < 4.78 is 14.7. The van der Waals surface area contributed by atoms with Crippen LogP contribution in [0.15, 0.2) is 48.5 Å². The van der Waals surface area contributed by atoms with Crippen molar-refractivity contribution in [3.05, 3.63) is 77.0 Å². The molecule has 178 valence electrons. The second-order valence-corrected chi connectivity index (χ2v) is 8.09. The van der Waals surface area contributed by atoms with Gasteiger partial charge in [0.2, 0.25) is 11.8 Å². The number of aromatic nitrogens is 3. The molecule has 0 radical (unpaired) electrons. The number of hydrogen-bond donors (Lipinski definition) is 2. The first-order valence-corrected chi connectivity index (χ1v) is 10.7. The van der Waals surface area contributed by atoms with Crippen molar-refractivity contribution in [3.63, 3.8) is 0 Å². The third kappa shape index (κ3) is 4.21. The zero-order chi connectivity index (χ0) is 25.4. The van der Waals surface area contributed by atoms with Crippen LogP contribution in [0.2, 0.25) is 0 Å².